The molecule has 2 aliphatic rings. The summed E-state index contributed by atoms with van der Waals surface area (Å²) in [7, 11) is 4.28. The van der Waals surface area contributed by atoms with Crippen molar-refractivity contribution in [1.29, 1.82) is 0 Å². The van der Waals surface area contributed by atoms with Crippen molar-refractivity contribution < 1.29 is 5.11 Å². The van der Waals surface area contributed by atoms with Crippen molar-refractivity contribution in [1.82, 2.24) is 15.1 Å². The third kappa shape index (κ3) is 3.53. The highest BCUT2D eigenvalue weighted by atomic mass is 16.3. The summed E-state index contributed by atoms with van der Waals surface area (Å²) in [5, 5.41) is 12.9. The lowest BCUT2D eigenvalue weighted by molar-refractivity contribution is 0.144. The highest BCUT2D eigenvalue weighted by Crippen LogP contribution is 2.28. The average Bonchev–Trinajstić information content (AvgIpc) is 2.72. The molecule has 2 N–H and O–H groups in total. The molecular weight excluding hydrogens is 250 g/mol. The Morgan fingerprint density at radius 1 is 1.25 bits per heavy atom. The molecule has 4 heteroatoms. The van der Waals surface area contributed by atoms with Gasteiger partial charge in [0.1, 0.15) is 0 Å². The first-order chi connectivity index (χ1) is 9.64. The van der Waals surface area contributed by atoms with Gasteiger partial charge in [0.25, 0.3) is 0 Å². The fourth-order valence-electron chi connectivity index (χ4n) is 3.97. The van der Waals surface area contributed by atoms with Crippen LogP contribution in [0.4, 0.5) is 0 Å². The van der Waals surface area contributed by atoms with Crippen LogP contribution in [-0.2, 0) is 0 Å². The number of rotatable bonds is 7. The minimum atomic E-state index is -0.0678. The zero-order chi connectivity index (χ0) is 14.6. The number of fused-ring (bicyclic) bond motifs is 2. The van der Waals surface area contributed by atoms with Crippen molar-refractivity contribution in [3.63, 3.8) is 0 Å². The Morgan fingerprint density at radius 3 is 2.65 bits per heavy atom. The van der Waals surface area contributed by atoms with E-state index >= 15 is 0 Å². The summed E-state index contributed by atoms with van der Waals surface area (Å²) in [6.45, 7) is 6.08. The van der Waals surface area contributed by atoms with Gasteiger partial charge in [0.2, 0.25) is 0 Å². The summed E-state index contributed by atoms with van der Waals surface area (Å²) < 4.78 is 0. The van der Waals surface area contributed by atoms with Crippen molar-refractivity contribution >= 4 is 0 Å². The second kappa shape index (κ2) is 7.21. The van der Waals surface area contributed by atoms with E-state index in [1.807, 2.05) is 7.05 Å². The Kier molecular flexibility index (Phi) is 5.84. The van der Waals surface area contributed by atoms with E-state index in [-0.39, 0.29) is 12.1 Å². The smallest absolute Gasteiger partial charge is 0.0613 e. The number of hydrogen-bond acceptors (Lipinski definition) is 4. The molecule has 0 spiro atoms. The van der Waals surface area contributed by atoms with Crippen LogP contribution in [0.1, 0.15) is 45.4 Å². The predicted octanol–water partition coefficient (Wildman–Crippen LogP) is 1.30. The number of nitrogens with zero attached hydrogens (tertiary/aromatic N) is 2. The first kappa shape index (κ1) is 16.2. The Hall–Kier alpha value is -0.160. The third-order valence-electron chi connectivity index (χ3n) is 5.87. The molecule has 0 radical (unpaired) electrons. The molecule has 0 aliphatic carbocycles. The van der Waals surface area contributed by atoms with E-state index in [9.17, 15) is 5.11 Å². The number of aliphatic hydroxyl groups excluding tert-OH is 1. The van der Waals surface area contributed by atoms with Crippen LogP contribution in [0.2, 0.25) is 0 Å². The van der Waals surface area contributed by atoms with Crippen LogP contribution < -0.4 is 5.32 Å². The molecule has 0 aromatic carbocycles. The van der Waals surface area contributed by atoms with Crippen LogP contribution >= 0.6 is 0 Å². The molecule has 2 rings (SSSR count). The highest BCUT2D eigenvalue weighted by molar-refractivity contribution is 4.91. The van der Waals surface area contributed by atoms with Gasteiger partial charge >= 0.3 is 0 Å². The molecule has 0 saturated carbocycles. The molecule has 0 amide bonds. The fourth-order valence-corrected chi connectivity index (χ4v) is 3.97. The van der Waals surface area contributed by atoms with Crippen LogP contribution in [0, 0.1) is 0 Å². The first-order valence-corrected chi connectivity index (χ1v) is 8.38. The van der Waals surface area contributed by atoms with Crippen LogP contribution in [0.5, 0.6) is 0 Å². The molecule has 2 saturated heterocycles. The van der Waals surface area contributed by atoms with Gasteiger partial charge in [-0.3, -0.25) is 4.90 Å². The summed E-state index contributed by atoms with van der Waals surface area (Å²) in [6, 6.07) is 1.61. The predicted molar refractivity (Wildman–Crippen MR) is 84.0 cm³/mol. The topological polar surface area (TPSA) is 38.7 Å². The lowest BCUT2D eigenvalue weighted by Crippen LogP contribution is -2.46. The summed E-state index contributed by atoms with van der Waals surface area (Å²) in [6.07, 6.45) is 7.35. The molecule has 20 heavy (non-hydrogen) atoms. The van der Waals surface area contributed by atoms with Gasteiger partial charge in [-0.25, -0.2) is 0 Å². The summed E-state index contributed by atoms with van der Waals surface area (Å²) >= 11 is 0. The maximum Gasteiger partial charge on any atom is 0.0613 e. The van der Waals surface area contributed by atoms with Crippen LogP contribution in [0.15, 0.2) is 0 Å². The Morgan fingerprint density at radius 2 is 2.00 bits per heavy atom. The Labute approximate surface area is 124 Å². The number of likely N-dealkylation sites (N-methyl/N-ethyl adjacent to an activating group) is 2. The van der Waals surface area contributed by atoms with Crippen molar-refractivity contribution in [2.45, 2.75) is 63.1 Å². The quantitative estimate of drug-likeness (QED) is 0.739. The Bertz CT molecular complexity index is 285. The average molecular weight is 283 g/mol. The van der Waals surface area contributed by atoms with Crippen molar-refractivity contribution in [3.05, 3.63) is 0 Å². The van der Waals surface area contributed by atoms with Gasteiger partial charge in [-0.2, -0.15) is 0 Å². The highest BCUT2D eigenvalue weighted by Gasteiger charge is 2.34. The summed E-state index contributed by atoms with van der Waals surface area (Å²) in [5.74, 6) is 0. The minimum absolute atomic E-state index is 0.0678. The van der Waals surface area contributed by atoms with E-state index in [1.54, 1.807) is 0 Å². The first-order valence-electron chi connectivity index (χ1n) is 8.38. The van der Waals surface area contributed by atoms with E-state index in [0.29, 0.717) is 0 Å². The van der Waals surface area contributed by atoms with E-state index in [0.717, 1.165) is 24.9 Å². The maximum atomic E-state index is 9.60. The van der Waals surface area contributed by atoms with Crippen molar-refractivity contribution in [3.8, 4) is 0 Å². The third-order valence-corrected chi connectivity index (χ3v) is 5.87. The zero-order valence-corrected chi connectivity index (χ0v) is 13.6. The molecule has 3 unspecified atom stereocenters. The fraction of sp³-hybridized carbons (Fsp3) is 1.00. The summed E-state index contributed by atoms with van der Waals surface area (Å²) in [5.41, 5.74) is -0.0678. The van der Waals surface area contributed by atoms with Crippen molar-refractivity contribution in [2.24, 2.45) is 0 Å². The minimum Gasteiger partial charge on any atom is -0.394 e. The molecular formula is C16H33N3O. The molecule has 118 valence electrons. The van der Waals surface area contributed by atoms with E-state index in [2.05, 4.69) is 29.1 Å². The largest absolute Gasteiger partial charge is 0.394 e. The molecule has 2 aliphatic heterocycles. The zero-order valence-electron chi connectivity index (χ0n) is 13.6. The number of likely N-dealkylation sites (tertiary alicyclic amines) is 1. The molecule has 3 atom stereocenters. The second-order valence-corrected chi connectivity index (χ2v) is 6.79. The maximum absolute atomic E-state index is 9.60. The lowest BCUT2D eigenvalue weighted by atomic mass is 9.91. The molecule has 2 bridgehead atoms. The van der Waals surface area contributed by atoms with E-state index in [4.69, 9.17) is 0 Å². The summed E-state index contributed by atoms with van der Waals surface area (Å²) in [4.78, 5) is 5.26. The van der Waals surface area contributed by atoms with Gasteiger partial charge in [0, 0.05) is 24.2 Å². The lowest BCUT2D eigenvalue weighted by Gasteiger charge is -2.32. The van der Waals surface area contributed by atoms with Gasteiger partial charge in [-0.1, -0.05) is 6.92 Å². The molecule has 4 nitrogen and oxygen atoms in total. The normalized spacial score (nSPS) is 31.2. The number of nitrogens with one attached hydrogen (secondary N) is 1. The molecule has 0 aromatic rings. The van der Waals surface area contributed by atoms with Crippen molar-refractivity contribution in [2.75, 3.05) is 40.3 Å². The van der Waals surface area contributed by atoms with E-state index in [1.165, 1.54) is 45.3 Å². The van der Waals surface area contributed by atoms with Gasteiger partial charge in [0.15, 0.2) is 0 Å². The second-order valence-electron chi connectivity index (χ2n) is 6.79. The standard InChI is InChI=1S/C16H33N3O/c1-4-16(13-20,17-2)9-5-10-19-11-8-14-6-7-15(12-19)18(14)3/h14-15,17,20H,4-13H2,1-3H3. The monoisotopic (exact) mass is 283 g/mol. The van der Waals surface area contributed by atoms with Crippen LogP contribution in [0.25, 0.3) is 0 Å². The van der Waals surface area contributed by atoms with Gasteiger partial charge in [-0.05, 0) is 65.7 Å². The number of aliphatic hydroxyl groups is 1. The molecule has 0 aromatic heterocycles. The molecule has 2 heterocycles. The molecule has 2 fully saturated rings. The van der Waals surface area contributed by atoms with Gasteiger partial charge in [0.05, 0.1) is 6.61 Å². The number of hydrogen-bond donors (Lipinski definition) is 2. The van der Waals surface area contributed by atoms with Crippen LogP contribution in [-0.4, -0.2) is 72.9 Å². The SMILES string of the molecule is CCC(CO)(CCCN1CCC2CCC(C1)N2C)NC. The van der Waals surface area contributed by atoms with Crippen LogP contribution in [0.3, 0.4) is 0 Å². The van der Waals surface area contributed by atoms with E-state index < -0.39 is 0 Å². The Balaban J connectivity index is 1.77. The van der Waals surface area contributed by atoms with Gasteiger partial charge < -0.3 is 15.3 Å². The van der Waals surface area contributed by atoms with Gasteiger partial charge in [-0.15, -0.1) is 0 Å².